The quantitative estimate of drug-likeness (QED) is 0.657. The Kier molecular flexibility index (Phi) is 6.70. The van der Waals surface area contributed by atoms with Crippen LogP contribution in [0.1, 0.15) is 59.8 Å². The molecular weight excluding hydrogens is 322 g/mol. The van der Waals surface area contributed by atoms with E-state index in [9.17, 15) is 0 Å². The van der Waals surface area contributed by atoms with Crippen LogP contribution in [0.25, 0.3) is 0 Å². The molecule has 1 saturated carbocycles. The van der Waals surface area contributed by atoms with Gasteiger partial charge in [0.05, 0.1) is 5.60 Å². The van der Waals surface area contributed by atoms with Crippen molar-refractivity contribution in [3.63, 3.8) is 0 Å². The molecule has 0 aromatic carbocycles. The second-order valence-electron chi connectivity index (χ2n) is 10.2. The van der Waals surface area contributed by atoms with E-state index in [0.29, 0.717) is 11.5 Å². The van der Waals surface area contributed by atoms with E-state index < -0.39 is 0 Å². The van der Waals surface area contributed by atoms with Crippen molar-refractivity contribution in [1.82, 2.24) is 14.7 Å². The minimum atomic E-state index is 0.0886. The van der Waals surface area contributed by atoms with Gasteiger partial charge in [-0.3, -0.25) is 9.80 Å². The van der Waals surface area contributed by atoms with E-state index in [1.165, 1.54) is 77.9 Å². The van der Waals surface area contributed by atoms with E-state index in [1.807, 2.05) is 7.11 Å². The monoisotopic (exact) mass is 365 g/mol. The third-order valence-electron chi connectivity index (χ3n) is 7.21. The number of ether oxygens (including phenoxy) is 1. The van der Waals surface area contributed by atoms with Crippen LogP contribution in [-0.4, -0.2) is 85.8 Å². The molecule has 4 heteroatoms. The van der Waals surface area contributed by atoms with Crippen LogP contribution in [0.15, 0.2) is 0 Å². The van der Waals surface area contributed by atoms with E-state index in [4.69, 9.17) is 4.74 Å². The predicted octanol–water partition coefficient (Wildman–Crippen LogP) is 3.32. The van der Waals surface area contributed by atoms with Crippen molar-refractivity contribution in [1.29, 1.82) is 0 Å². The van der Waals surface area contributed by atoms with Crippen molar-refractivity contribution < 1.29 is 4.74 Å². The van der Waals surface area contributed by atoms with E-state index in [1.54, 1.807) is 0 Å². The Hall–Kier alpha value is -0.160. The molecular formula is C22H43N3O. The Balaban J connectivity index is 1.45. The maximum absolute atomic E-state index is 6.13. The van der Waals surface area contributed by atoms with E-state index >= 15 is 0 Å². The third-order valence-corrected chi connectivity index (χ3v) is 7.21. The number of hydrogen-bond donors (Lipinski definition) is 0. The van der Waals surface area contributed by atoms with Crippen LogP contribution in [0.2, 0.25) is 0 Å². The molecule has 0 unspecified atom stereocenters. The van der Waals surface area contributed by atoms with Crippen molar-refractivity contribution in [3.8, 4) is 0 Å². The first-order chi connectivity index (χ1) is 12.4. The average Bonchev–Trinajstić information content (AvgIpc) is 3.35. The Bertz CT molecular complexity index is 431. The van der Waals surface area contributed by atoms with E-state index in [-0.39, 0.29) is 5.60 Å². The van der Waals surface area contributed by atoms with Crippen molar-refractivity contribution in [2.24, 2.45) is 11.3 Å². The molecule has 1 aliphatic carbocycles. The van der Waals surface area contributed by atoms with Crippen LogP contribution in [0, 0.1) is 11.3 Å². The van der Waals surface area contributed by atoms with Gasteiger partial charge >= 0.3 is 0 Å². The summed E-state index contributed by atoms with van der Waals surface area (Å²) in [6.45, 7) is 19.1. The van der Waals surface area contributed by atoms with Gasteiger partial charge in [-0.1, -0.05) is 13.8 Å². The molecule has 0 aromatic heterocycles. The summed E-state index contributed by atoms with van der Waals surface area (Å²) in [4.78, 5) is 7.99. The number of hydrogen-bond acceptors (Lipinski definition) is 4. The van der Waals surface area contributed by atoms with Crippen LogP contribution in [0.4, 0.5) is 0 Å². The number of piperazine rings is 1. The molecule has 0 amide bonds. The topological polar surface area (TPSA) is 19.0 Å². The summed E-state index contributed by atoms with van der Waals surface area (Å²) in [5.74, 6) is 0.838. The molecule has 3 aliphatic rings. The molecule has 26 heavy (non-hydrogen) atoms. The molecule has 152 valence electrons. The van der Waals surface area contributed by atoms with Crippen LogP contribution in [0.3, 0.4) is 0 Å². The standard InChI is InChI=1S/C22H43N3O/c1-19(2)16-21(6-7-21)17-23-10-8-22(26-5,9-11-23)18-24-12-14-25(15-13-24)20(3)4/h19-20H,6-18H2,1-5H3. The lowest BCUT2D eigenvalue weighted by molar-refractivity contribution is -0.0842. The van der Waals surface area contributed by atoms with Crippen LogP contribution >= 0.6 is 0 Å². The van der Waals surface area contributed by atoms with Gasteiger partial charge < -0.3 is 9.64 Å². The molecule has 0 spiro atoms. The highest BCUT2D eigenvalue weighted by atomic mass is 16.5. The number of piperidine rings is 1. The minimum Gasteiger partial charge on any atom is -0.377 e. The summed E-state index contributed by atoms with van der Waals surface area (Å²) in [5, 5.41) is 0. The normalized spacial score (nSPS) is 27.3. The van der Waals surface area contributed by atoms with E-state index in [0.717, 1.165) is 12.5 Å². The zero-order valence-corrected chi connectivity index (χ0v) is 18.1. The summed E-state index contributed by atoms with van der Waals surface area (Å²) in [5.41, 5.74) is 0.750. The van der Waals surface area contributed by atoms with E-state index in [2.05, 4.69) is 42.4 Å². The van der Waals surface area contributed by atoms with Gasteiger partial charge in [-0.25, -0.2) is 0 Å². The molecule has 2 heterocycles. The second-order valence-corrected chi connectivity index (χ2v) is 10.2. The highest BCUT2D eigenvalue weighted by Gasteiger charge is 2.45. The van der Waals surface area contributed by atoms with Crippen molar-refractivity contribution in [3.05, 3.63) is 0 Å². The second kappa shape index (κ2) is 8.46. The average molecular weight is 366 g/mol. The molecule has 0 N–H and O–H groups in total. The lowest BCUT2D eigenvalue weighted by Gasteiger charge is -2.46. The summed E-state index contributed by atoms with van der Waals surface area (Å²) in [6.07, 6.45) is 6.73. The lowest BCUT2D eigenvalue weighted by Crippen LogP contribution is -2.57. The number of nitrogens with zero attached hydrogens (tertiary/aromatic N) is 3. The fourth-order valence-corrected chi connectivity index (χ4v) is 5.33. The van der Waals surface area contributed by atoms with Crippen LogP contribution < -0.4 is 0 Å². The van der Waals surface area contributed by atoms with Crippen molar-refractivity contribution in [2.75, 3.05) is 59.5 Å². The zero-order valence-electron chi connectivity index (χ0n) is 18.1. The summed E-state index contributed by atoms with van der Waals surface area (Å²) >= 11 is 0. The van der Waals surface area contributed by atoms with Gasteiger partial charge in [0, 0.05) is 65.5 Å². The molecule has 0 radical (unpaired) electrons. The van der Waals surface area contributed by atoms with Gasteiger partial charge in [0.25, 0.3) is 0 Å². The molecule has 3 rings (SSSR count). The van der Waals surface area contributed by atoms with Gasteiger partial charge in [0.2, 0.25) is 0 Å². The van der Waals surface area contributed by atoms with Gasteiger partial charge in [0.1, 0.15) is 0 Å². The predicted molar refractivity (Wildman–Crippen MR) is 110 cm³/mol. The minimum absolute atomic E-state index is 0.0886. The Morgan fingerprint density at radius 2 is 1.35 bits per heavy atom. The largest absolute Gasteiger partial charge is 0.377 e. The number of rotatable bonds is 8. The Morgan fingerprint density at radius 3 is 1.81 bits per heavy atom. The highest BCUT2D eigenvalue weighted by molar-refractivity contribution is 4.98. The molecule has 2 aliphatic heterocycles. The Labute approximate surface area is 162 Å². The molecule has 4 nitrogen and oxygen atoms in total. The van der Waals surface area contributed by atoms with Crippen molar-refractivity contribution in [2.45, 2.75) is 71.4 Å². The number of likely N-dealkylation sites (tertiary alicyclic amines) is 1. The summed E-state index contributed by atoms with van der Waals surface area (Å²) < 4.78 is 6.13. The highest BCUT2D eigenvalue weighted by Crippen LogP contribution is 2.51. The van der Waals surface area contributed by atoms with Crippen molar-refractivity contribution >= 4 is 0 Å². The maximum atomic E-state index is 6.13. The van der Waals surface area contributed by atoms with Crippen LogP contribution in [0.5, 0.6) is 0 Å². The SMILES string of the molecule is COC1(CN2CCN(C(C)C)CC2)CCN(CC2(CC(C)C)CC2)CC1. The van der Waals surface area contributed by atoms with Gasteiger partial charge in [0.15, 0.2) is 0 Å². The lowest BCUT2D eigenvalue weighted by atomic mass is 9.88. The first kappa shape index (κ1) is 20.6. The molecule has 0 bridgehead atoms. The summed E-state index contributed by atoms with van der Waals surface area (Å²) in [6, 6.07) is 0.678. The Morgan fingerprint density at radius 1 is 0.769 bits per heavy atom. The fourth-order valence-electron chi connectivity index (χ4n) is 5.33. The van der Waals surface area contributed by atoms with Gasteiger partial charge in [-0.15, -0.1) is 0 Å². The molecule has 0 atom stereocenters. The first-order valence-corrected chi connectivity index (χ1v) is 11.1. The smallest absolute Gasteiger partial charge is 0.0829 e. The van der Waals surface area contributed by atoms with Crippen LogP contribution in [-0.2, 0) is 4.74 Å². The summed E-state index contributed by atoms with van der Waals surface area (Å²) in [7, 11) is 1.95. The van der Waals surface area contributed by atoms with Gasteiger partial charge in [-0.2, -0.15) is 0 Å². The number of methoxy groups -OCH3 is 1. The first-order valence-electron chi connectivity index (χ1n) is 11.1. The zero-order chi connectivity index (χ0) is 18.8. The molecule has 0 aromatic rings. The molecule has 3 fully saturated rings. The maximum Gasteiger partial charge on any atom is 0.0829 e. The molecule has 2 saturated heterocycles. The van der Waals surface area contributed by atoms with Gasteiger partial charge in [-0.05, 0) is 57.3 Å². The third kappa shape index (κ3) is 5.21. The fraction of sp³-hybridized carbons (Fsp3) is 1.00.